The first-order chi connectivity index (χ1) is 15.6. The van der Waals surface area contributed by atoms with E-state index in [1.165, 1.54) is 39.9 Å². The first kappa shape index (κ1) is 26.0. The van der Waals surface area contributed by atoms with E-state index >= 15 is 0 Å². The molecule has 0 radical (unpaired) electrons. The molecule has 0 spiro atoms. The van der Waals surface area contributed by atoms with E-state index in [1.54, 1.807) is 10.8 Å². The van der Waals surface area contributed by atoms with Crippen molar-refractivity contribution >= 4 is 88.8 Å². The van der Waals surface area contributed by atoms with Crippen LogP contribution in [0, 0.1) is 0 Å². The number of hydrogen-bond acceptors (Lipinski definition) is 17. The van der Waals surface area contributed by atoms with E-state index in [1.807, 2.05) is 6.92 Å². The van der Waals surface area contributed by atoms with Gasteiger partial charge in [0, 0.05) is 32.5 Å². The van der Waals surface area contributed by atoms with Crippen LogP contribution in [0.3, 0.4) is 0 Å². The first-order valence-corrected chi connectivity index (χ1v) is 15.5. The fourth-order valence-electron chi connectivity index (χ4n) is 1.98. The van der Waals surface area contributed by atoms with Crippen LogP contribution in [0.25, 0.3) is 10.7 Å². The zero-order valence-electron chi connectivity index (χ0n) is 16.3. The average Bonchev–Trinajstić information content (AvgIpc) is 3.56. The van der Waals surface area contributed by atoms with Gasteiger partial charge in [0.05, 0.1) is 35.2 Å². The second-order valence-corrected chi connectivity index (χ2v) is 11.5. The van der Waals surface area contributed by atoms with Crippen LogP contribution in [-0.2, 0) is 16.7 Å². The summed E-state index contributed by atoms with van der Waals surface area (Å²) in [4.78, 5) is 36.6. The Morgan fingerprint density at radius 1 is 1.12 bits per heavy atom. The lowest BCUT2D eigenvalue weighted by atomic mass is 10.5. The number of nitrogens with zero attached hydrogens (tertiary/aromatic N) is 3. The summed E-state index contributed by atoms with van der Waals surface area (Å²) in [6.45, 7) is 3.83. The SMILES string of the molecule is CCNCc1nc(-c2nc(C(=O)SSOSSNCc3nc(C(=O)SN)cs3)cs2)co1. The number of thiazole rings is 2. The largest absolute Gasteiger partial charge is 0.447 e. The number of carbonyl (C=O) groups is 2. The number of hydrogen-bond donors (Lipinski definition) is 3. The molecule has 0 aliphatic heterocycles. The molecule has 3 aromatic rings. The minimum atomic E-state index is -0.266. The number of rotatable bonds is 13. The Hall–Kier alpha value is -0.600. The molecule has 0 aromatic carbocycles. The van der Waals surface area contributed by atoms with Gasteiger partial charge in [0.2, 0.25) is 5.89 Å². The van der Waals surface area contributed by atoms with E-state index in [0.29, 0.717) is 53.0 Å². The lowest BCUT2D eigenvalue weighted by molar-refractivity contribution is 0.107. The van der Waals surface area contributed by atoms with Crippen LogP contribution in [0.1, 0.15) is 38.8 Å². The van der Waals surface area contributed by atoms with Crippen molar-refractivity contribution in [1.82, 2.24) is 25.0 Å². The monoisotopic (exact) mass is 568 g/mol. The van der Waals surface area contributed by atoms with E-state index < -0.39 is 0 Å². The van der Waals surface area contributed by atoms with Crippen LogP contribution in [0.4, 0.5) is 0 Å². The van der Waals surface area contributed by atoms with E-state index in [2.05, 4.69) is 25.0 Å². The second kappa shape index (κ2) is 14.0. The molecular weight excluding hydrogens is 553 g/mol. The number of aromatic nitrogens is 3. The van der Waals surface area contributed by atoms with Gasteiger partial charge in [-0.2, -0.15) is 0 Å². The van der Waals surface area contributed by atoms with Crippen molar-refractivity contribution < 1.29 is 17.6 Å². The van der Waals surface area contributed by atoms with Crippen molar-refractivity contribution in [2.24, 2.45) is 5.14 Å². The van der Waals surface area contributed by atoms with Gasteiger partial charge >= 0.3 is 0 Å². The Labute approximate surface area is 211 Å². The van der Waals surface area contributed by atoms with Gasteiger partial charge in [-0.15, -0.1) is 22.7 Å². The second-order valence-electron chi connectivity index (χ2n) is 5.46. The zero-order valence-corrected chi connectivity index (χ0v) is 22.0. The van der Waals surface area contributed by atoms with E-state index in [0.717, 1.165) is 44.5 Å². The van der Waals surface area contributed by atoms with Crippen LogP contribution < -0.4 is 15.2 Å². The summed E-state index contributed by atoms with van der Waals surface area (Å²) in [5, 5.41) is 12.6. The minimum Gasteiger partial charge on any atom is -0.447 e. The van der Waals surface area contributed by atoms with E-state index in [4.69, 9.17) is 13.2 Å². The van der Waals surface area contributed by atoms with Crippen molar-refractivity contribution in [3.8, 4) is 10.7 Å². The highest BCUT2D eigenvalue weighted by Crippen LogP contribution is 2.35. The highest BCUT2D eigenvalue weighted by molar-refractivity contribution is 8.84. The van der Waals surface area contributed by atoms with E-state index in [9.17, 15) is 9.59 Å². The smallest absolute Gasteiger partial charge is 0.253 e. The Morgan fingerprint density at radius 3 is 2.75 bits per heavy atom. The van der Waals surface area contributed by atoms with Gasteiger partial charge in [-0.05, 0) is 18.5 Å². The molecule has 17 heteroatoms. The summed E-state index contributed by atoms with van der Waals surface area (Å²) in [5.74, 6) is 0.574. The summed E-state index contributed by atoms with van der Waals surface area (Å²) in [7, 11) is 2.18. The molecule has 0 aliphatic rings. The molecule has 3 aromatic heterocycles. The number of carbonyl (C=O) groups excluding carboxylic acids is 2. The maximum atomic E-state index is 12.3. The molecule has 0 aliphatic carbocycles. The predicted molar refractivity (Wildman–Crippen MR) is 136 cm³/mol. The van der Waals surface area contributed by atoms with Crippen molar-refractivity contribution in [2.75, 3.05) is 6.54 Å². The van der Waals surface area contributed by atoms with Crippen LogP contribution in [0.5, 0.6) is 0 Å². The van der Waals surface area contributed by atoms with Crippen molar-refractivity contribution in [2.45, 2.75) is 20.0 Å². The van der Waals surface area contributed by atoms with Gasteiger partial charge in [-0.25, -0.2) is 23.3 Å². The fraction of sp³-hybridized carbons (Fsp3) is 0.267. The van der Waals surface area contributed by atoms with Gasteiger partial charge in [-0.1, -0.05) is 6.92 Å². The summed E-state index contributed by atoms with van der Waals surface area (Å²) < 4.78 is 13.7. The highest BCUT2D eigenvalue weighted by atomic mass is 33.2. The Morgan fingerprint density at radius 2 is 1.94 bits per heavy atom. The molecule has 3 rings (SSSR count). The first-order valence-electron chi connectivity index (χ1n) is 8.68. The summed E-state index contributed by atoms with van der Waals surface area (Å²) in [6, 6.07) is 0. The molecule has 10 nitrogen and oxygen atoms in total. The van der Waals surface area contributed by atoms with Crippen LogP contribution in [0.2, 0.25) is 0 Å². The predicted octanol–water partition coefficient (Wildman–Crippen LogP) is 4.57. The lowest BCUT2D eigenvalue weighted by Gasteiger charge is -2.00. The molecule has 32 heavy (non-hydrogen) atoms. The lowest BCUT2D eigenvalue weighted by Crippen LogP contribution is -2.11. The molecule has 0 amide bonds. The maximum Gasteiger partial charge on any atom is 0.253 e. The molecule has 3 heterocycles. The molecule has 0 bridgehead atoms. The van der Waals surface area contributed by atoms with Gasteiger partial charge in [0.25, 0.3) is 10.2 Å². The van der Waals surface area contributed by atoms with Crippen LogP contribution in [0.15, 0.2) is 21.4 Å². The maximum absolute atomic E-state index is 12.3. The van der Waals surface area contributed by atoms with Crippen molar-refractivity contribution in [3.63, 3.8) is 0 Å². The number of oxazole rings is 1. The fourth-order valence-corrected chi connectivity index (χ4v) is 6.80. The standard InChI is InChI=1S/C15H16N6O4S7/c1-2-17-3-11-19-8(5-24-11)13-21-10(7-27-13)15(23)29-31-25-32-30-18-4-12-20-9(6-26-12)14(22)28-16/h5-7,17-18H,2-4,16H2,1H3. The molecule has 0 unspecified atom stereocenters. The summed E-state index contributed by atoms with van der Waals surface area (Å²) >= 11 is 5.36. The third-order valence-corrected chi connectivity index (χ3v) is 8.92. The van der Waals surface area contributed by atoms with Gasteiger partial charge in [0.1, 0.15) is 33.4 Å². The molecule has 0 fully saturated rings. The van der Waals surface area contributed by atoms with Crippen molar-refractivity contribution in [1.29, 1.82) is 0 Å². The summed E-state index contributed by atoms with van der Waals surface area (Å²) in [5.41, 5.74) is 1.29. The van der Waals surface area contributed by atoms with Crippen LogP contribution >= 0.6 is 78.5 Å². The molecular formula is C15H16N6O4S7. The molecule has 4 N–H and O–H groups in total. The normalized spacial score (nSPS) is 11.2. The molecule has 172 valence electrons. The number of nitrogens with two attached hydrogens (primary N) is 1. The van der Waals surface area contributed by atoms with Gasteiger partial charge in [0.15, 0.2) is 0 Å². The van der Waals surface area contributed by atoms with Crippen molar-refractivity contribution in [3.05, 3.63) is 39.3 Å². The van der Waals surface area contributed by atoms with E-state index in [-0.39, 0.29) is 10.2 Å². The quantitative estimate of drug-likeness (QED) is 0.114. The molecule has 0 saturated carbocycles. The third-order valence-electron chi connectivity index (χ3n) is 3.36. The van der Waals surface area contributed by atoms with Crippen LogP contribution in [-0.4, -0.2) is 31.7 Å². The molecule has 0 atom stereocenters. The number of nitrogens with one attached hydrogen (secondary N) is 2. The topological polar surface area (TPSA) is 145 Å². The Kier molecular flexibility index (Phi) is 11.3. The van der Waals surface area contributed by atoms with Gasteiger partial charge in [-0.3, -0.25) is 14.7 Å². The molecule has 0 saturated heterocycles. The van der Waals surface area contributed by atoms with Gasteiger partial charge < -0.3 is 9.73 Å². The summed E-state index contributed by atoms with van der Waals surface area (Å²) in [6.07, 6.45) is 1.53. The minimum absolute atomic E-state index is 0.217. The Bertz CT molecular complexity index is 1030. The average molecular weight is 569 g/mol. The zero-order chi connectivity index (χ0) is 22.8. The Balaban J connectivity index is 1.32. The third kappa shape index (κ3) is 8.01. The highest BCUT2D eigenvalue weighted by Gasteiger charge is 2.16.